The van der Waals surface area contributed by atoms with Gasteiger partial charge in [0.25, 0.3) is 0 Å². The number of amides is 3. The van der Waals surface area contributed by atoms with Gasteiger partial charge in [0.15, 0.2) is 0 Å². The molecule has 2 unspecified atom stereocenters. The first kappa shape index (κ1) is 29.2. The molecule has 2 atom stereocenters. The third-order valence-corrected chi connectivity index (χ3v) is 6.37. The summed E-state index contributed by atoms with van der Waals surface area (Å²) in [6.07, 6.45) is 4.32. The zero-order valence-corrected chi connectivity index (χ0v) is 22.8. The van der Waals surface area contributed by atoms with Gasteiger partial charge in [-0.25, -0.2) is 4.79 Å². The summed E-state index contributed by atoms with van der Waals surface area (Å²) in [4.78, 5) is 41.5. The Morgan fingerprint density at radius 2 is 1.78 bits per heavy atom. The molecule has 198 valence electrons. The van der Waals surface area contributed by atoms with Crippen LogP contribution in [0.1, 0.15) is 89.5 Å². The molecule has 0 heterocycles. The highest BCUT2D eigenvalue weighted by Crippen LogP contribution is 2.28. The van der Waals surface area contributed by atoms with Crippen molar-refractivity contribution in [1.29, 1.82) is 5.26 Å². The van der Waals surface area contributed by atoms with Crippen LogP contribution in [0.4, 0.5) is 4.79 Å². The van der Waals surface area contributed by atoms with Crippen LogP contribution in [0.25, 0.3) is 0 Å². The molecular formula is C28H42N4O4. The lowest BCUT2D eigenvalue weighted by Crippen LogP contribution is -2.55. The van der Waals surface area contributed by atoms with E-state index in [-0.39, 0.29) is 24.4 Å². The minimum absolute atomic E-state index is 0.0405. The topological polar surface area (TPSA) is 112 Å². The standard InChI is InChI=1S/C28H42N4O4/c1-18(2)23(31-27(35)36-28(5,6)7)26(34)32(16-15-29)24(22-17-19(3)13-14-20(22)4)25(33)30-21-11-9-8-10-12-21/h13-14,17-18,21,23-24H,8-12,16H2,1-7H3,(H,30,33)(H,31,35). The van der Waals surface area contributed by atoms with Crippen LogP contribution in [0, 0.1) is 31.1 Å². The van der Waals surface area contributed by atoms with Crippen LogP contribution < -0.4 is 10.6 Å². The van der Waals surface area contributed by atoms with Crippen molar-refractivity contribution in [3.8, 4) is 6.07 Å². The van der Waals surface area contributed by atoms with Crippen molar-refractivity contribution >= 4 is 17.9 Å². The Kier molecular flexibility index (Phi) is 10.3. The lowest BCUT2D eigenvalue weighted by molar-refractivity contribution is -0.143. The Hall–Kier alpha value is -3.08. The SMILES string of the molecule is Cc1ccc(C)c(C(C(=O)NC2CCCCC2)N(CC#N)C(=O)C(NC(=O)OC(C)(C)C)C(C)C)c1. The minimum atomic E-state index is -0.999. The van der Waals surface area contributed by atoms with E-state index in [2.05, 4.69) is 16.7 Å². The van der Waals surface area contributed by atoms with Gasteiger partial charge < -0.3 is 20.3 Å². The fraction of sp³-hybridized carbons (Fsp3) is 0.643. The molecule has 1 aliphatic rings. The molecule has 0 spiro atoms. The molecule has 8 heteroatoms. The molecule has 0 saturated heterocycles. The Morgan fingerprint density at radius 3 is 2.33 bits per heavy atom. The van der Waals surface area contributed by atoms with E-state index in [1.54, 1.807) is 34.6 Å². The fourth-order valence-electron chi connectivity index (χ4n) is 4.53. The molecule has 0 radical (unpaired) electrons. The van der Waals surface area contributed by atoms with Gasteiger partial charge in [0.2, 0.25) is 11.8 Å². The van der Waals surface area contributed by atoms with Gasteiger partial charge in [0, 0.05) is 6.04 Å². The number of ether oxygens (including phenoxy) is 1. The zero-order chi connectivity index (χ0) is 27.0. The van der Waals surface area contributed by atoms with Gasteiger partial charge in [0.1, 0.15) is 24.2 Å². The van der Waals surface area contributed by atoms with E-state index in [9.17, 15) is 19.6 Å². The van der Waals surface area contributed by atoms with E-state index < -0.39 is 29.7 Å². The summed E-state index contributed by atoms with van der Waals surface area (Å²) in [6, 6.07) is 5.89. The molecule has 8 nitrogen and oxygen atoms in total. The second-order valence-electron chi connectivity index (χ2n) is 11.1. The average molecular weight is 499 g/mol. The molecule has 0 aromatic heterocycles. The molecule has 36 heavy (non-hydrogen) atoms. The first-order chi connectivity index (χ1) is 16.8. The molecule has 1 saturated carbocycles. The number of nitriles is 1. The highest BCUT2D eigenvalue weighted by atomic mass is 16.6. The highest BCUT2D eigenvalue weighted by molar-refractivity contribution is 5.92. The van der Waals surface area contributed by atoms with E-state index in [4.69, 9.17) is 4.74 Å². The van der Waals surface area contributed by atoms with E-state index in [1.807, 2.05) is 32.0 Å². The van der Waals surface area contributed by atoms with Gasteiger partial charge in [-0.3, -0.25) is 9.59 Å². The van der Waals surface area contributed by atoms with Gasteiger partial charge in [-0.2, -0.15) is 5.26 Å². The summed E-state index contributed by atoms with van der Waals surface area (Å²) in [5.41, 5.74) is 1.73. The normalized spacial score (nSPS) is 16.0. The summed E-state index contributed by atoms with van der Waals surface area (Å²) in [6.45, 7) is 12.4. The Bertz CT molecular complexity index is 971. The first-order valence-corrected chi connectivity index (χ1v) is 12.9. The molecule has 1 fully saturated rings. The lowest BCUT2D eigenvalue weighted by atomic mass is 9.92. The van der Waals surface area contributed by atoms with Crippen molar-refractivity contribution < 1.29 is 19.1 Å². The number of rotatable bonds is 8. The van der Waals surface area contributed by atoms with Gasteiger partial charge in [-0.05, 0) is 64.5 Å². The van der Waals surface area contributed by atoms with Crippen molar-refractivity contribution in [2.75, 3.05) is 6.54 Å². The summed E-state index contributed by atoms with van der Waals surface area (Å²) in [5, 5.41) is 15.5. The van der Waals surface area contributed by atoms with E-state index in [0.29, 0.717) is 5.56 Å². The monoisotopic (exact) mass is 498 g/mol. The lowest BCUT2D eigenvalue weighted by Gasteiger charge is -2.36. The van der Waals surface area contributed by atoms with Crippen LogP contribution in [0.2, 0.25) is 0 Å². The van der Waals surface area contributed by atoms with Crippen molar-refractivity contribution in [3.05, 3.63) is 34.9 Å². The predicted octanol–water partition coefficient (Wildman–Crippen LogP) is 4.69. The highest BCUT2D eigenvalue weighted by Gasteiger charge is 2.38. The Labute approximate surface area is 215 Å². The molecule has 0 aliphatic heterocycles. The maximum Gasteiger partial charge on any atom is 0.408 e. The van der Waals surface area contributed by atoms with Gasteiger partial charge in [0.05, 0.1) is 6.07 Å². The van der Waals surface area contributed by atoms with Crippen molar-refractivity contribution in [1.82, 2.24) is 15.5 Å². The van der Waals surface area contributed by atoms with Gasteiger partial charge >= 0.3 is 6.09 Å². The molecule has 3 amide bonds. The van der Waals surface area contributed by atoms with Crippen LogP contribution in [0.3, 0.4) is 0 Å². The number of nitrogens with one attached hydrogen (secondary N) is 2. The maximum atomic E-state index is 13.9. The van der Waals surface area contributed by atoms with Crippen LogP contribution in [-0.2, 0) is 14.3 Å². The molecular weight excluding hydrogens is 456 g/mol. The zero-order valence-electron chi connectivity index (χ0n) is 22.8. The predicted molar refractivity (Wildman–Crippen MR) is 139 cm³/mol. The number of hydrogen-bond acceptors (Lipinski definition) is 5. The molecule has 2 N–H and O–H groups in total. The smallest absolute Gasteiger partial charge is 0.408 e. The third-order valence-electron chi connectivity index (χ3n) is 6.37. The number of carbonyl (C=O) groups excluding carboxylic acids is 3. The number of benzene rings is 1. The van der Waals surface area contributed by atoms with Crippen LogP contribution in [0.15, 0.2) is 18.2 Å². The van der Waals surface area contributed by atoms with Crippen LogP contribution in [0.5, 0.6) is 0 Å². The van der Waals surface area contributed by atoms with Crippen LogP contribution >= 0.6 is 0 Å². The van der Waals surface area contributed by atoms with Gasteiger partial charge in [-0.1, -0.05) is 56.9 Å². The summed E-state index contributed by atoms with van der Waals surface area (Å²) in [5.74, 6) is -1.10. The molecule has 2 rings (SSSR count). The molecule has 1 aromatic rings. The number of alkyl carbamates (subject to hydrolysis) is 1. The van der Waals surface area contributed by atoms with Gasteiger partial charge in [-0.15, -0.1) is 0 Å². The fourth-order valence-corrected chi connectivity index (χ4v) is 4.53. The average Bonchev–Trinajstić information content (AvgIpc) is 2.78. The van der Waals surface area contributed by atoms with E-state index >= 15 is 0 Å². The summed E-state index contributed by atoms with van der Waals surface area (Å²) < 4.78 is 5.37. The third kappa shape index (κ3) is 8.25. The van der Waals surface area contributed by atoms with Crippen LogP contribution in [-0.4, -0.2) is 47.0 Å². The Balaban J connectivity index is 2.47. The minimum Gasteiger partial charge on any atom is -0.444 e. The van der Waals surface area contributed by atoms with Crippen molar-refractivity contribution in [3.63, 3.8) is 0 Å². The summed E-state index contributed by atoms with van der Waals surface area (Å²) in [7, 11) is 0. The maximum absolute atomic E-state index is 13.9. The second-order valence-corrected chi connectivity index (χ2v) is 11.1. The molecule has 1 aromatic carbocycles. The van der Waals surface area contributed by atoms with Crippen molar-refractivity contribution in [2.24, 2.45) is 5.92 Å². The summed E-state index contributed by atoms with van der Waals surface area (Å²) >= 11 is 0. The Morgan fingerprint density at radius 1 is 1.14 bits per heavy atom. The number of aryl methyl sites for hydroxylation is 2. The van der Waals surface area contributed by atoms with E-state index in [1.165, 1.54) is 4.90 Å². The quantitative estimate of drug-likeness (QED) is 0.505. The first-order valence-electron chi connectivity index (χ1n) is 12.9. The molecule has 1 aliphatic carbocycles. The number of nitrogens with zero attached hydrogens (tertiary/aromatic N) is 2. The van der Waals surface area contributed by atoms with Crippen molar-refractivity contribution in [2.45, 2.75) is 104 Å². The molecule has 0 bridgehead atoms. The van der Waals surface area contributed by atoms with E-state index in [0.717, 1.165) is 43.2 Å². The number of carbonyl (C=O) groups is 3. The number of hydrogen-bond donors (Lipinski definition) is 2. The second kappa shape index (κ2) is 12.8. The largest absolute Gasteiger partial charge is 0.444 e.